The standard InChI is InChI=1S/C20H25N3O2/c1-25-19-5-3-2-4-16(19)6-11-20(24)23-14-12-22(13-15-23)18-9-7-17(21)8-10-18/h2-5,7-10H,6,11-15,21H2,1H3. The van der Waals surface area contributed by atoms with E-state index >= 15 is 0 Å². The Kier molecular flexibility index (Phi) is 5.43. The number of hydrogen-bond donors (Lipinski definition) is 1. The number of nitrogens with two attached hydrogens (primary N) is 1. The van der Waals surface area contributed by atoms with E-state index in [0.29, 0.717) is 12.8 Å². The van der Waals surface area contributed by atoms with Gasteiger partial charge in [0.2, 0.25) is 5.91 Å². The number of piperazine rings is 1. The van der Waals surface area contributed by atoms with E-state index in [2.05, 4.69) is 4.90 Å². The van der Waals surface area contributed by atoms with E-state index in [-0.39, 0.29) is 5.91 Å². The second-order valence-electron chi connectivity index (χ2n) is 6.27. The van der Waals surface area contributed by atoms with Crippen LogP contribution in [0.2, 0.25) is 0 Å². The maximum Gasteiger partial charge on any atom is 0.223 e. The van der Waals surface area contributed by atoms with E-state index in [1.165, 1.54) is 0 Å². The Morgan fingerprint density at radius 3 is 2.40 bits per heavy atom. The molecule has 0 radical (unpaired) electrons. The molecule has 0 spiro atoms. The van der Waals surface area contributed by atoms with Crippen molar-refractivity contribution in [1.82, 2.24) is 4.90 Å². The Balaban J connectivity index is 1.50. The van der Waals surface area contributed by atoms with Gasteiger partial charge in [0, 0.05) is 44.0 Å². The van der Waals surface area contributed by atoms with Gasteiger partial charge >= 0.3 is 0 Å². The van der Waals surface area contributed by atoms with Crippen molar-refractivity contribution >= 4 is 17.3 Å². The summed E-state index contributed by atoms with van der Waals surface area (Å²) >= 11 is 0. The van der Waals surface area contributed by atoms with Crippen molar-refractivity contribution < 1.29 is 9.53 Å². The number of carbonyl (C=O) groups excluding carboxylic acids is 1. The highest BCUT2D eigenvalue weighted by molar-refractivity contribution is 5.77. The van der Waals surface area contributed by atoms with Gasteiger partial charge in [0.25, 0.3) is 0 Å². The minimum atomic E-state index is 0.211. The van der Waals surface area contributed by atoms with Crippen molar-refractivity contribution in [1.29, 1.82) is 0 Å². The minimum Gasteiger partial charge on any atom is -0.496 e. The summed E-state index contributed by atoms with van der Waals surface area (Å²) in [4.78, 5) is 16.8. The number of methoxy groups -OCH3 is 1. The quantitative estimate of drug-likeness (QED) is 0.851. The predicted octanol–water partition coefficient (Wildman–Crippen LogP) is 2.56. The van der Waals surface area contributed by atoms with Crippen LogP contribution in [0.15, 0.2) is 48.5 Å². The molecule has 2 aromatic carbocycles. The monoisotopic (exact) mass is 339 g/mol. The Labute approximate surface area is 149 Å². The first-order chi connectivity index (χ1) is 12.2. The third-order valence-electron chi connectivity index (χ3n) is 4.69. The number of hydrogen-bond acceptors (Lipinski definition) is 4. The Morgan fingerprint density at radius 2 is 1.72 bits per heavy atom. The van der Waals surface area contributed by atoms with Gasteiger partial charge in [0.15, 0.2) is 0 Å². The normalized spacial score (nSPS) is 14.4. The highest BCUT2D eigenvalue weighted by atomic mass is 16.5. The average molecular weight is 339 g/mol. The van der Waals surface area contributed by atoms with E-state index in [9.17, 15) is 4.79 Å². The third-order valence-corrected chi connectivity index (χ3v) is 4.69. The molecule has 1 heterocycles. The van der Waals surface area contributed by atoms with Crippen molar-refractivity contribution in [3.63, 3.8) is 0 Å². The van der Waals surface area contributed by atoms with Crippen LogP contribution in [-0.4, -0.2) is 44.1 Å². The summed E-state index contributed by atoms with van der Waals surface area (Å²) in [5, 5.41) is 0. The molecule has 0 atom stereocenters. The van der Waals surface area contributed by atoms with Crippen LogP contribution in [0.5, 0.6) is 5.75 Å². The second kappa shape index (κ2) is 7.92. The molecule has 1 aliphatic rings. The molecule has 2 aromatic rings. The van der Waals surface area contributed by atoms with Gasteiger partial charge in [0.1, 0.15) is 5.75 Å². The van der Waals surface area contributed by atoms with Crippen LogP contribution in [0.1, 0.15) is 12.0 Å². The van der Waals surface area contributed by atoms with Gasteiger partial charge in [0.05, 0.1) is 7.11 Å². The number of para-hydroxylation sites is 1. The summed E-state index contributed by atoms with van der Waals surface area (Å²) in [6.45, 7) is 3.22. The summed E-state index contributed by atoms with van der Waals surface area (Å²) in [5.74, 6) is 1.06. The molecule has 0 bridgehead atoms. The van der Waals surface area contributed by atoms with E-state index in [1.807, 2.05) is 53.4 Å². The van der Waals surface area contributed by atoms with Crippen molar-refractivity contribution in [2.24, 2.45) is 0 Å². The fourth-order valence-electron chi connectivity index (χ4n) is 3.21. The largest absolute Gasteiger partial charge is 0.496 e. The first kappa shape index (κ1) is 17.1. The van der Waals surface area contributed by atoms with Crippen LogP contribution in [0.25, 0.3) is 0 Å². The molecule has 1 aliphatic heterocycles. The zero-order chi connectivity index (χ0) is 17.6. The van der Waals surface area contributed by atoms with Crippen LogP contribution in [0, 0.1) is 0 Å². The van der Waals surface area contributed by atoms with Gasteiger partial charge in [-0.2, -0.15) is 0 Å². The summed E-state index contributed by atoms with van der Waals surface area (Å²) < 4.78 is 5.35. The second-order valence-corrected chi connectivity index (χ2v) is 6.27. The smallest absolute Gasteiger partial charge is 0.223 e. The van der Waals surface area contributed by atoms with Crippen LogP contribution in [-0.2, 0) is 11.2 Å². The molecule has 2 N–H and O–H groups in total. The van der Waals surface area contributed by atoms with Crippen LogP contribution in [0.3, 0.4) is 0 Å². The van der Waals surface area contributed by atoms with Gasteiger partial charge in [-0.3, -0.25) is 4.79 Å². The molecule has 5 nitrogen and oxygen atoms in total. The number of benzene rings is 2. The number of rotatable bonds is 5. The van der Waals surface area contributed by atoms with Crippen molar-refractivity contribution in [2.45, 2.75) is 12.8 Å². The van der Waals surface area contributed by atoms with Crippen LogP contribution < -0.4 is 15.4 Å². The van der Waals surface area contributed by atoms with Crippen molar-refractivity contribution in [3.05, 3.63) is 54.1 Å². The molecule has 0 aromatic heterocycles. The molecule has 0 unspecified atom stereocenters. The summed E-state index contributed by atoms with van der Waals surface area (Å²) in [5.41, 5.74) is 8.76. The molecule has 3 rings (SSSR count). The minimum absolute atomic E-state index is 0.211. The van der Waals surface area contributed by atoms with Gasteiger partial charge in [-0.1, -0.05) is 18.2 Å². The molecule has 1 saturated heterocycles. The SMILES string of the molecule is COc1ccccc1CCC(=O)N1CCN(c2ccc(N)cc2)CC1. The van der Waals surface area contributed by atoms with E-state index in [1.54, 1.807) is 7.11 Å². The fourth-order valence-corrected chi connectivity index (χ4v) is 3.21. The average Bonchev–Trinajstić information content (AvgIpc) is 2.67. The number of amides is 1. The zero-order valence-corrected chi connectivity index (χ0v) is 14.6. The van der Waals surface area contributed by atoms with E-state index < -0.39 is 0 Å². The molecule has 25 heavy (non-hydrogen) atoms. The maximum atomic E-state index is 12.5. The van der Waals surface area contributed by atoms with Crippen molar-refractivity contribution in [2.75, 3.05) is 43.9 Å². The van der Waals surface area contributed by atoms with E-state index in [0.717, 1.165) is 48.9 Å². The molecule has 1 fully saturated rings. The van der Waals surface area contributed by atoms with Crippen LogP contribution in [0.4, 0.5) is 11.4 Å². The molecule has 132 valence electrons. The number of carbonyl (C=O) groups is 1. The first-order valence-electron chi connectivity index (χ1n) is 8.67. The van der Waals surface area contributed by atoms with Gasteiger partial charge in [-0.15, -0.1) is 0 Å². The number of ether oxygens (including phenoxy) is 1. The lowest BCUT2D eigenvalue weighted by molar-refractivity contribution is -0.131. The van der Waals surface area contributed by atoms with Gasteiger partial charge in [-0.25, -0.2) is 0 Å². The molecule has 0 aliphatic carbocycles. The fraction of sp³-hybridized carbons (Fsp3) is 0.350. The number of nitrogen functional groups attached to an aromatic ring is 1. The Hall–Kier alpha value is -2.69. The number of nitrogens with zero attached hydrogens (tertiary/aromatic N) is 2. The predicted molar refractivity (Wildman–Crippen MR) is 101 cm³/mol. The Morgan fingerprint density at radius 1 is 1.04 bits per heavy atom. The van der Waals surface area contributed by atoms with Crippen molar-refractivity contribution in [3.8, 4) is 5.75 Å². The number of anilines is 2. The zero-order valence-electron chi connectivity index (χ0n) is 14.6. The molecular formula is C20H25N3O2. The summed E-state index contributed by atoms with van der Waals surface area (Å²) in [7, 11) is 1.66. The lowest BCUT2D eigenvalue weighted by Crippen LogP contribution is -2.48. The lowest BCUT2D eigenvalue weighted by atomic mass is 10.1. The van der Waals surface area contributed by atoms with Crippen LogP contribution >= 0.6 is 0 Å². The molecule has 0 saturated carbocycles. The molecule has 1 amide bonds. The highest BCUT2D eigenvalue weighted by Gasteiger charge is 2.21. The third kappa shape index (κ3) is 4.24. The highest BCUT2D eigenvalue weighted by Crippen LogP contribution is 2.21. The lowest BCUT2D eigenvalue weighted by Gasteiger charge is -2.36. The number of aryl methyl sites for hydroxylation is 1. The molecule has 5 heteroatoms. The molecular weight excluding hydrogens is 314 g/mol. The van der Waals surface area contributed by atoms with E-state index in [4.69, 9.17) is 10.5 Å². The topological polar surface area (TPSA) is 58.8 Å². The van der Waals surface area contributed by atoms with Gasteiger partial charge < -0.3 is 20.3 Å². The first-order valence-corrected chi connectivity index (χ1v) is 8.67. The van der Waals surface area contributed by atoms with Gasteiger partial charge in [-0.05, 0) is 42.3 Å². The summed E-state index contributed by atoms with van der Waals surface area (Å²) in [6.07, 6.45) is 1.23. The summed E-state index contributed by atoms with van der Waals surface area (Å²) in [6, 6.07) is 15.8. The Bertz CT molecular complexity index is 707. The maximum absolute atomic E-state index is 12.5.